The largest absolute Gasteiger partial charge is 0.340 e. The normalized spacial score (nSPS) is 36.7. The number of hydrogen-bond donors (Lipinski definition) is 1. The molecule has 3 rings (SSSR count). The maximum absolute atomic E-state index is 12.5. The van der Waals surface area contributed by atoms with Crippen LogP contribution in [0.15, 0.2) is 0 Å². The Morgan fingerprint density at radius 2 is 1.61 bits per heavy atom. The molecule has 0 spiro atoms. The van der Waals surface area contributed by atoms with Crippen molar-refractivity contribution in [3.63, 3.8) is 0 Å². The molecule has 1 amide bonds. The maximum Gasteiger partial charge on any atom is 0.225 e. The molecule has 2 aliphatic heterocycles. The minimum Gasteiger partial charge on any atom is -0.340 e. The quantitative estimate of drug-likeness (QED) is 0.843. The molecular formula is C18H34N4O. The van der Waals surface area contributed by atoms with Gasteiger partial charge in [0.05, 0.1) is 0 Å². The second-order valence-electron chi connectivity index (χ2n) is 7.95. The molecule has 3 fully saturated rings. The van der Waals surface area contributed by atoms with E-state index in [9.17, 15) is 4.79 Å². The van der Waals surface area contributed by atoms with E-state index in [1.54, 1.807) is 0 Å². The highest BCUT2D eigenvalue weighted by molar-refractivity contribution is 5.79. The van der Waals surface area contributed by atoms with Gasteiger partial charge in [0.25, 0.3) is 0 Å². The van der Waals surface area contributed by atoms with Crippen LogP contribution in [0, 0.1) is 5.92 Å². The Labute approximate surface area is 141 Å². The SMILES string of the molecule is CC1CCC(C)N1CCN1CCN(C(=O)C2CCC(N)C2)CC1. The van der Waals surface area contributed by atoms with Crippen molar-refractivity contribution in [2.45, 2.75) is 64.1 Å². The zero-order valence-corrected chi connectivity index (χ0v) is 14.9. The summed E-state index contributed by atoms with van der Waals surface area (Å²) in [4.78, 5) is 19.8. The van der Waals surface area contributed by atoms with E-state index in [4.69, 9.17) is 5.73 Å². The first-order valence-electron chi connectivity index (χ1n) is 9.57. The molecule has 4 unspecified atom stereocenters. The fraction of sp³-hybridized carbons (Fsp3) is 0.944. The topological polar surface area (TPSA) is 52.8 Å². The van der Waals surface area contributed by atoms with Crippen molar-refractivity contribution in [1.29, 1.82) is 0 Å². The Kier molecular flexibility index (Phi) is 5.60. The van der Waals surface area contributed by atoms with Gasteiger partial charge in [-0.15, -0.1) is 0 Å². The van der Waals surface area contributed by atoms with Crippen LogP contribution in [0.1, 0.15) is 46.0 Å². The van der Waals surface area contributed by atoms with Gasteiger partial charge in [-0.05, 0) is 46.0 Å². The summed E-state index contributed by atoms with van der Waals surface area (Å²) in [7, 11) is 0. The monoisotopic (exact) mass is 322 g/mol. The Balaban J connectivity index is 1.39. The fourth-order valence-corrected chi connectivity index (χ4v) is 4.64. The van der Waals surface area contributed by atoms with E-state index in [2.05, 4.69) is 28.5 Å². The van der Waals surface area contributed by atoms with E-state index < -0.39 is 0 Å². The molecular weight excluding hydrogens is 288 g/mol. The molecule has 5 heteroatoms. The highest BCUT2D eigenvalue weighted by atomic mass is 16.2. The van der Waals surface area contributed by atoms with Gasteiger partial charge in [0.15, 0.2) is 0 Å². The molecule has 0 bridgehead atoms. The van der Waals surface area contributed by atoms with Crippen LogP contribution in [-0.4, -0.2) is 78.0 Å². The summed E-state index contributed by atoms with van der Waals surface area (Å²) in [5.74, 6) is 0.558. The van der Waals surface area contributed by atoms with Gasteiger partial charge < -0.3 is 10.6 Å². The minimum atomic E-state index is 0.197. The van der Waals surface area contributed by atoms with Crippen LogP contribution in [0.4, 0.5) is 0 Å². The van der Waals surface area contributed by atoms with Gasteiger partial charge >= 0.3 is 0 Å². The van der Waals surface area contributed by atoms with Gasteiger partial charge in [0.1, 0.15) is 0 Å². The lowest BCUT2D eigenvalue weighted by atomic mass is 10.1. The first-order chi connectivity index (χ1) is 11.0. The third-order valence-electron chi connectivity index (χ3n) is 6.32. The number of likely N-dealkylation sites (tertiary alicyclic amines) is 1. The van der Waals surface area contributed by atoms with Crippen LogP contribution in [0.3, 0.4) is 0 Å². The number of piperazine rings is 1. The molecule has 0 aromatic carbocycles. The van der Waals surface area contributed by atoms with Gasteiger partial charge in [-0.2, -0.15) is 0 Å². The number of amides is 1. The zero-order valence-electron chi connectivity index (χ0n) is 14.9. The molecule has 23 heavy (non-hydrogen) atoms. The second kappa shape index (κ2) is 7.49. The van der Waals surface area contributed by atoms with Gasteiger partial charge in [-0.1, -0.05) is 0 Å². The summed E-state index contributed by atoms with van der Waals surface area (Å²) in [6.07, 6.45) is 5.58. The van der Waals surface area contributed by atoms with Crippen LogP contribution < -0.4 is 5.73 Å². The van der Waals surface area contributed by atoms with Crippen LogP contribution >= 0.6 is 0 Å². The molecule has 2 N–H and O–H groups in total. The van der Waals surface area contributed by atoms with E-state index in [-0.39, 0.29) is 12.0 Å². The molecule has 0 aromatic rings. The summed E-state index contributed by atoms with van der Waals surface area (Å²) in [5, 5.41) is 0. The summed E-state index contributed by atoms with van der Waals surface area (Å²) in [6.45, 7) is 10.9. The Hall–Kier alpha value is -0.650. The Morgan fingerprint density at radius 3 is 2.17 bits per heavy atom. The van der Waals surface area contributed by atoms with Gasteiger partial charge in [0.2, 0.25) is 5.91 Å². The van der Waals surface area contributed by atoms with Crippen LogP contribution in [-0.2, 0) is 4.79 Å². The molecule has 5 nitrogen and oxygen atoms in total. The van der Waals surface area contributed by atoms with Crippen molar-refractivity contribution in [3.8, 4) is 0 Å². The molecule has 2 saturated heterocycles. The summed E-state index contributed by atoms with van der Waals surface area (Å²) >= 11 is 0. The molecule has 1 saturated carbocycles. The zero-order chi connectivity index (χ0) is 16.4. The lowest BCUT2D eigenvalue weighted by molar-refractivity contribution is -0.137. The molecule has 2 heterocycles. The molecule has 132 valence electrons. The van der Waals surface area contributed by atoms with E-state index in [0.29, 0.717) is 5.91 Å². The number of nitrogens with zero attached hydrogens (tertiary/aromatic N) is 3. The van der Waals surface area contributed by atoms with Crippen LogP contribution in [0.2, 0.25) is 0 Å². The smallest absolute Gasteiger partial charge is 0.225 e. The maximum atomic E-state index is 12.5. The van der Waals surface area contributed by atoms with Gasteiger partial charge in [0, 0.05) is 63.3 Å². The number of nitrogens with two attached hydrogens (primary N) is 1. The van der Waals surface area contributed by atoms with Crippen molar-refractivity contribution in [2.75, 3.05) is 39.3 Å². The fourth-order valence-electron chi connectivity index (χ4n) is 4.64. The number of hydrogen-bond acceptors (Lipinski definition) is 4. The molecule has 4 atom stereocenters. The van der Waals surface area contributed by atoms with Crippen molar-refractivity contribution < 1.29 is 4.79 Å². The lowest BCUT2D eigenvalue weighted by Crippen LogP contribution is -2.52. The van der Waals surface area contributed by atoms with E-state index in [0.717, 1.165) is 64.1 Å². The van der Waals surface area contributed by atoms with Crippen molar-refractivity contribution in [2.24, 2.45) is 11.7 Å². The van der Waals surface area contributed by atoms with Gasteiger partial charge in [-0.3, -0.25) is 14.6 Å². The van der Waals surface area contributed by atoms with Crippen LogP contribution in [0.25, 0.3) is 0 Å². The van der Waals surface area contributed by atoms with E-state index >= 15 is 0 Å². The van der Waals surface area contributed by atoms with Crippen molar-refractivity contribution >= 4 is 5.91 Å². The Morgan fingerprint density at radius 1 is 0.957 bits per heavy atom. The van der Waals surface area contributed by atoms with E-state index in [1.807, 2.05) is 0 Å². The summed E-state index contributed by atoms with van der Waals surface area (Å²) < 4.78 is 0. The average Bonchev–Trinajstić information content (AvgIpc) is 3.12. The van der Waals surface area contributed by atoms with E-state index in [1.165, 1.54) is 19.4 Å². The molecule has 3 aliphatic rings. The highest BCUT2D eigenvalue weighted by Gasteiger charge is 2.33. The van der Waals surface area contributed by atoms with Crippen molar-refractivity contribution in [3.05, 3.63) is 0 Å². The second-order valence-corrected chi connectivity index (χ2v) is 7.95. The Bertz CT molecular complexity index is 398. The number of carbonyl (C=O) groups is 1. The predicted octanol–water partition coefficient (Wildman–Crippen LogP) is 1.13. The van der Waals surface area contributed by atoms with Crippen molar-refractivity contribution in [1.82, 2.24) is 14.7 Å². The molecule has 1 aliphatic carbocycles. The average molecular weight is 322 g/mol. The summed E-state index contributed by atoms with van der Waals surface area (Å²) in [6, 6.07) is 1.72. The van der Waals surface area contributed by atoms with Gasteiger partial charge in [-0.25, -0.2) is 0 Å². The molecule has 0 aromatic heterocycles. The third kappa shape index (κ3) is 4.06. The number of carbonyl (C=O) groups excluding carboxylic acids is 1. The first-order valence-corrected chi connectivity index (χ1v) is 9.57. The highest BCUT2D eigenvalue weighted by Crippen LogP contribution is 2.26. The molecule has 0 radical (unpaired) electrons. The standard InChI is InChI=1S/C18H34N4O/c1-14-3-4-15(2)22(14)12-9-20-7-10-21(11-8-20)18(23)16-5-6-17(19)13-16/h14-17H,3-13,19H2,1-2H3. The summed E-state index contributed by atoms with van der Waals surface area (Å²) in [5.41, 5.74) is 5.95. The predicted molar refractivity (Wildman–Crippen MR) is 93.2 cm³/mol. The minimum absolute atomic E-state index is 0.197. The number of rotatable bonds is 4. The van der Waals surface area contributed by atoms with Crippen LogP contribution in [0.5, 0.6) is 0 Å². The third-order valence-corrected chi connectivity index (χ3v) is 6.32. The first kappa shape index (κ1) is 17.2. The lowest BCUT2D eigenvalue weighted by Gasteiger charge is -2.37.